The zero-order valence-corrected chi connectivity index (χ0v) is 45.4. The number of hydrogen-bond donors (Lipinski definition) is 15. The number of hydrogen-bond acceptors (Lipinski definition) is 15. The number of benzene rings is 6. The molecule has 82 heavy (non-hydrogen) atoms. The Labute approximate surface area is 475 Å². The van der Waals surface area contributed by atoms with Crippen molar-refractivity contribution in [2.24, 2.45) is 17.2 Å². The number of anilines is 3. The smallest absolute Gasteiger partial charge is 0.246 e. The molecule has 0 fully saturated rings. The Morgan fingerprint density at radius 3 is 0.829 bits per heavy atom. The Morgan fingerprint density at radius 2 is 0.598 bits per heavy atom. The van der Waals surface area contributed by atoms with Gasteiger partial charge in [0.2, 0.25) is 35.4 Å². The highest BCUT2D eigenvalue weighted by atomic mass is 16.3. The van der Waals surface area contributed by atoms with Crippen molar-refractivity contribution in [3.63, 3.8) is 0 Å². The van der Waals surface area contributed by atoms with Gasteiger partial charge in [0.05, 0.1) is 19.3 Å². The van der Waals surface area contributed by atoms with Crippen LogP contribution in [0.25, 0.3) is 0 Å². The molecule has 6 aromatic carbocycles. The molecule has 0 saturated carbocycles. The number of phenols is 6. The minimum absolute atomic E-state index is 0.153. The fraction of sp³-hybridized carbons (Fsp3) is 0.311. The fourth-order valence-electron chi connectivity index (χ4n) is 9.16. The summed E-state index contributed by atoms with van der Waals surface area (Å²) in [4.78, 5) is 80.9. The Kier molecular flexibility index (Phi) is 23.4. The molecular formula is C61H73N9O12. The molecule has 0 aliphatic heterocycles. The van der Waals surface area contributed by atoms with Gasteiger partial charge in [0.1, 0.15) is 18.1 Å². The number of carbonyl (C=O) groups excluding carboxylic acids is 6. The average Bonchev–Trinajstić information content (AvgIpc) is 3.64. The Morgan fingerprint density at radius 1 is 0.341 bits per heavy atom. The second-order valence-corrected chi connectivity index (χ2v) is 20.0. The molecule has 21 nitrogen and oxygen atoms in total. The number of unbranched alkanes of at least 4 members (excludes halogenated alkanes) is 3. The van der Waals surface area contributed by atoms with Crippen molar-refractivity contribution in [1.29, 1.82) is 0 Å². The van der Waals surface area contributed by atoms with Crippen LogP contribution in [0, 0.1) is 0 Å². The van der Waals surface area contributed by atoms with Gasteiger partial charge in [-0.3, -0.25) is 28.8 Å². The standard InChI is InChI=1S/C61H73N9O12/c62-28-4-1-7-46(68-55(77)34-37-10-25-49(71)52(74)31-37)59(80)65-43-19-13-40(14-20-43)58(41-15-21-44(22-16-41)66-60(81)47(8-2-5-29-63)69-56(78)35-38-11-26-50(72)53(75)32-38)42-17-23-45(24-18-42)67-61(82)48(9-3-6-30-64)70-57(79)36-39-12-27-51(73)54(76)33-39/h10-27,31-33,46-48,58,71-76H,1-9,28-30,34-36,62-64H2,(H,65,80)(H,66,81)(H,67,82)(H,68,77)(H,69,78)(H,70,79)/t46-,47-,48-/m1/s1. The maximum absolute atomic E-state index is 13.8. The predicted molar refractivity (Wildman–Crippen MR) is 311 cm³/mol. The lowest BCUT2D eigenvalue weighted by atomic mass is 9.85. The Balaban J connectivity index is 1.23. The number of phenolic OH excluding ortho intramolecular Hbond substituents is 6. The maximum Gasteiger partial charge on any atom is 0.246 e. The van der Waals surface area contributed by atoms with Gasteiger partial charge in [-0.05, 0) is 184 Å². The van der Waals surface area contributed by atoms with Gasteiger partial charge in [-0.1, -0.05) is 54.6 Å². The van der Waals surface area contributed by atoms with Crippen LogP contribution in [0.15, 0.2) is 127 Å². The molecule has 0 radical (unpaired) electrons. The van der Waals surface area contributed by atoms with Gasteiger partial charge in [0, 0.05) is 23.0 Å². The van der Waals surface area contributed by atoms with E-state index in [2.05, 4.69) is 31.9 Å². The minimum Gasteiger partial charge on any atom is -0.504 e. The molecule has 0 saturated heterocycles. The molecule has 6 amide bonds. The van der Waals surface area contributed by atoms with Crippen LogP contribution in [0.1, 0.15) is 97.1 Å². The van der Waals surface area contributed by atoms with Crippen LogP contribution < -0.4 is 49.1 Å². The fourth-order valence-corrected chi connectivity index (χ4v) is 9.16. The van der Waals surface area contributed by atoms with Crippen molar-refractivity contribution in [2.75, 3.05) is 35.6 Å². The van der Waals surface area contributed by atoms with Crippen LogP contribution in [0.5, 0.6) is 34.5 Å². The first-order valence-electron chi connectivity index (χ1n) is 27.2. The highest BCUT2D eigenvalue weighted by Gasteiger charge is 2.26. The van der Waals surface area contributed by atoms with E-state index in [0.29, 0.717) is 111 Å². The summed E-state index contributed by atoms with van der Waals surface area (Å²) in [5.41, 5.74) is 22.2. The number of aromatic hydroxyl groups is 6. The third kappa shape index (κ3) is 19.0. The number of amides is 6. The van der Waals surface area contributed by atoms with Crippen molar-refractivity contribution >= 4 is 52.5 Å². The molecular weight excluding hydrogens is 1050 g/mol. The summed E-state index contributed by atoms with van der Waals surface area (Å²) in [5, 5.41) is 76.1. The van der Waals surface area contributed by atoms with Gasteiger partial charge in [0.25, 0.3) is 0 Å². The van der Waals surface area contributed by atoms with E-state index in [1.165, 1.54) is 54.6 Å². The summed E-state index contributed by atoms with van der Waals surface area (Å²) in [6.07, 6.45) is 3.98. The van der Waals surface area contributed by atoms with Crippen molar-refractivity contribution in [3.05, 3.63) is 161 Å². The maximum atomic E-state index is 13.8. The third-order valence-electron chi connectivity index (χ3n) is 13.5. The molecule has 0 unspecified atom stereocenters. The van der Waals surface area contributed by atoms with E-state index in [9.17, 15) is 59.4 Å². The normalized spacial score (nSPS) is 12.1. The van der Waals surface area contributed by atoms with E-state index in [0.717, 1.165) is 16.7 Å². The van der Waals surface area contributed by atoms with E-state index in [4.69, 9.17) is 17.2 Å². The van der Waals surface area contributed by atoms with Crippen LogP contribution in [-0.2, 0) is 48.0 Å². The molecule has 0 heterocycles. The molecule has 6 rings (SSSR count). The Bertz CT molecular complexity index is 2790. The molecule has 0 spiro atoms. The highest BCUT2D eigenvalue weighted by molar-refractivity contribution is 5.99. The molecule has 0 aliphatic carbocycles. The van der Waals surface area contributed by atoms with E-state index in [1.807, 2.05) is 36.4 Å². The van der Waals surface area contributed by atoms with Crippen molar-refractivity contribution in [3.8, 4) is 34.5 Å². The van der Waals surface area contributed by atoms with Gasteiger partial charge in [0.15, 0.2) is 34.5 Å². The van der Waals surface area contributed by atoms with Crippen LogP contribution in [0.2, 0.25) is 0 Å². The van der Waals surface area contributed by atoms with Gasteiger partial charge < -0.3 is 79.7 Å². The zero-order chi connectivity index (χ0) is 59.1. The predicted octanol–water partition coefficient (Wildman–Crippen LogP) is 5.49. The zero-order valence-electron chi connectivity index (χ0n) is 45.4. The largest absolute Gasteiger partial charge is 0.504 e. The second-order valence-electron chi connectivity index (χ2n) is 20.0. The van der Waals surface area contributed by atoms with Crippen molar-refractivity contribution in [1.82, 2.24) is 16.0 Å². The van der Waals surface area contributed by atoms with Crippen LogP contribution in [-0.4, -0.2) is 104 Å². The van der Waals surface area contributed by atoms with E-state index < -0.39 is 59.5 Å². The first-order chi connectivity index (χ1) is 39.4. The van der Waals surface area contributed by atoms with Crippen LogP contribution in [0.4, 0.5) is 17.1 Å². The minimum atomic E-state index is -0.924. The number of rotatable bonds is 30. The van der Waals surface area contributed by atoms with Gasteiger partial charge in [-0.2, -0.15) is 0 Å². The summed E-state index contributed by atoms with van der Waals surface area (Å²) >= 11 is 0. The summed E-state index contributed by atoms with van der Waals surface area (Å²) in [6.45, 7) is 1.19. The number of nitrogens with two attached hydrogens (primary N) is 3. The van der Waals surface area contributed by atoms with Crippen LogP contribution >= 0.6 is 0 Å². The Hall–Kier alpha value is -9.18. The van der Waals surface area contributed by atoms with E-state index in [-0.39, 0.29) is 53.8 Å². The molecule has 0 aromatic heterocycles. The average molecular weight is 1120 g/mol. The topological polar surface area (TPSA) is 374 Å². The molecule has 434 valence electrons. The molecule has 6 aromatic rings. The molecule has 21 heteroatoms. The quantitative estimate of drug-likeness (QED) is 0.0151. The third-order valence-corrected chi connectivity index (χ3v) is 13.5. The highest BCUT2D eigenvalue weighted by Crippen LogP contribution is 2.35. The molecule has 18 N–H and O–H groups in total. The van der Waals surface area contributed by atoms with Gasteiger partial charge >= 0.3 is 0 Å². The second kappa shape index (κ2) is 31.0. The van der Waals surface area contributed by atoms with Crippen molar-refractivity contribution in [2.45, 2.75) is 101 Å². The SMILES string of the molecule is NCCCC[C@@H](NC(=O)Cc1ccc(O)c(O)c1)C(=O)Nc1ccc(C(c2ccc(NC(=O)[C@@H](CCCCN)NC(=O)Cc3ccc(O)c(O)c3)cc2)c2ccc(NC(=O)[C@@H](CCCCN)NC(=O)Cc3ccc(O)c(O)c3)cc2)cc1. The monoisotopic (exact) mass is 1120 g/mol. The van der Waals surface area contributed by atoms with E-state index in [1.54, 1.807) is 36.4 Å². The summed E-state index contributed by atoms with van der Waals surface area (Å²) < 4.78 is 0. The van der Waals surface area contributed by atoms with Crippen LogP contribution in [0.3, 0.4) is 0 Å². The molecule has 3 atom stereocenters. The summed E-state index contributed by atoms with van der Waals surface area (Å²) in [6, 6.07) is 30.8. The van der Waals surface area contributed by atoms with Crippen molar-refractivity contribution < 1.29 is 59.4 Å². The lowest BCUT2D eigenvalue weighted by Crippen LogP contribution is -2.44. The summed E-state index contributed by atoms with van der Waals surface area (Å²) in [7, 11) is 0. The lowest BCUT2D eigenvalue weighted by molar-refractivity contribution is -0.126. The summed E-state index contributed by atoms with van der Waals surface area (Å²) in [5.74, 6) is -5.35. The molecule has 0 aliphatic rings. The number of nitrogens with one attached hydrogen (secondary N) is 6. The van der Waals surface area contributed by atoms with Gasteiger partial charge in [-0.15, -0.1) is 0 Å². The lowest BCUT2D eigenvalue weighted by Gasteiger charge is -2.22. The first kappa shape index (κ1) is 62.0. The molecule has 0 bridgehead atoms. The van der Waals surface area contributed by atoms with Gasteiger partial charge in [-0.25, -0.2) is 0 Å². The van der Waals surface area contributed by atoms with E-state index >= 15 is 0 Å². The number of carbonyl (C=O) groups is 6. The first-order valence-corrected chi connectivity index (χ1v) is 27.2.